The van der Waals surface area contributed by atoms with Crippen LogP contribution in [0.3, 0.4) is 0 Å². The first-order valence-electron chi connectivity index (χ1n) is 4.77. The highest BCUT2D eigenvalue weighted by molar-refractivity contribution is 9.10. The molecule has 0 aliphatic heterocycles. The predicted molar refractivity (Wildman–Crippen MR) is 59.4 cm³/mol. The second-order valence-corrected chi connectivity index (χ2v) is 4.38. The Balaban J connectivity index is 2.49. The van der Waals surface area contributed by atoms with Crippen molar-refractivity contribution in [1.82, 2.24) is 4.98 Å². The Labute approximate surface area is 91.7 Å². The quantitative estimate of drug-likeness (QED) is 0.811. The molecule has 4 heteroatoms. The van der Waals surface area contributed by atoms with Crippen LogP contribution in [0.25, 0.3) is 0 Å². The Morgan fingerprint density at radius 2 is 2.43 bits per heavy atom. The molecule has 1 aromatic heterocycles. The van der Waals surface area contributed by atoms with Gasteiger partial charge < -0.3 is 10.4 Å². The molecule has 1 heterocycles. The molecule has 0 bridgehead atoms. The van der Waals surface area contributed by atoms with Crippen LogP contribution in [0.2, 0.25) is 0 Å². The van der Waals surface area contributed by atoms with Gasteiger partial charge in [-0.1, -0.05) is 0 Å². The number of aliphatic hydroxyl groups is 1. The van der Waals surface area contributed by atoms with Crippen LogP contribution in [0, 0.1) is 0 Å². The Morgan fingerprint density at radius 3 is 3.14 bits per heavy atom. The van der Waals surface area contributed by atoms with Crippen molar-refractivity contribution in [2.75, 3.05) is 12.4 Å². The van der Waals surface area contributed by atoms with E-state index in [1.807, 2.05) is 7.05 Å². The fourth-order valence-electron chi connectivity index (χ4n) is 1.83. The Kier molecular flexibility index (Phi) is 2.74. The second-order valence-electron chi connectivity index (χ2n) is 3.52. The minimum Gasteiger partial charge on any atom is -0.387 e. The van der Waals surface area contributed by atoms with E-state index in [2.05, 4.69) is 32.3 Å². The minimum absolute atomic E-state index is 0.390. The maximum absolute atomic E-state index is 9.77. The van der Waals surface area contributed by atoms with Crippen LogP contribution in [0.15, 0.2) is 10.5 Å². The molecule has 14 heavy (non-hydrogen) atoms. The van der Waals surface area contributed by atoms with Gasteiger partial charge in [0.1, 0.15) is 5.82 Å². The number of hydrogen-bond acceptors (Lipinski definition) is 3. The lowest BCUT2D eigenvalue weighted by atomic mass is 9.94. The van der Waals surface area contributed by atoms with E-state index in [1.165, 1.54) is 0 Å². The lowest BCUT2D eigenvalue weighted by Gasteiger charge is -2.21. The van der Waals surface area contributed by atoms with Crippen molar-refractivity contribution in [3.63, 3.8) is 0 Å². The fourth-order valence-corrected chi connectivity index (χ4v) is 2.39. The van der Waals surface area contributed by atoms with Crippen LogP contribution in [-0.4, -0.2) is 17.1 Å². The van der Waals surface area contributed by atoms with Crippen molar-refractivity contribution in [3.05, 3.63) is 21.8 Å². The highest BCUT2D eigenvalue weighted by Gasteiger charge is 2.20. The van der Waals surface area contributed by atoms with Gasteiger partial charge in [-0.2, -0.15) is 0 Å². The van der Waals surface area contributed by atoms with Gasteiger partial charge >= 0.3 is 0 Å². The summed E-state index contributed by atoms with van der Waals surface area (Å²) in [6.45, 7) is 0. The summed E-state index contributed by atoms with van der Waals surface area (Å²) in [6.07, 6.45) is 2.49. The lowest BCUT2D eigenvalue weighted by Crippen LogP contribution is -2.12. The first-order chi connectivity index (χ1) is 6.72. The zero-order valence-electron chi connectivity index (χ0n) is 8.05. The van der Waals surface area contributed by atoms with E-state index >= 15 is 0 Å². The third-order valence-electron chi connectivity index (χ3n) is 2.56. The summed E-state index contributed by atoms with van der Waals surface area (Å²) < 4.78 is 0.966. The summed E-state index contributed by atoms with van der Waals surface area (Å²) >= 11 is 3.45. The molecule has 1 aliphatic carbocycles. The number of halogens is 1. The number of pyridine rings is 1. The largest absolute Gasteiger partial charge is 0.387 e. The molecule has 0 amide bonds. The Bertz CT molecular complexity index is 354. The molecule has 3 nitrogen and oxygen atoms in total. The molecule has 0 radical (unpaired) electrons. The number of rotatable bonds is 1. The molecule has 1 unspecified atom stereocenters. The lowest BCUT2D eigenvalue weighted by molar-refractivity contribution is 0.151. The van der Waals surface area contributed by atoms with Crippen molar-refractivity contribution in [2.45, 2.75) is 25.4 Å². The summed E-state index contributed by atoms with van der Waals surface area (Å²) in [6, 6.07) is 2.05. The monoisotopic (exact) mass is 256 g/mol. The zero-order chi connectivity index (χ0) is 10.1. The number of anilines is 1. The van der Waals surface area contributed by atoms with Gasteiger partial charge in [0.2, 0.25) is 0 Å². The molecule has 0 fully saturated rings. The van der Waals surface area contributed by atoms with Gasteiger partial charge in [-0.05, 0) is 46.8 Å². The molecule has 0 spiro atoms. The molecule has 1 atom stereocenters. The standard InChI is InChI=1S/C10H13BrN2O/c1-12-10-7(11)5-6-3-2-4-8(14)9(6)13-10/h5,8,14H,2-4H2,1H3,(H,12,13). The zero-order valence-corrected chi connectivity index (χ0v) is 9.63. The first-order valence-corrected chi connectivity index (χ1v) is 5.57. The van der Waals surface area contributed by atoms with E-state index in [9.17, 15) is 5.11 Å². The summed E-state index contributed by atoms with van der Waals surface area (Å²) in [4.78, 5) is 4.40. The van der Waals surface area contributed by atoms with E-state index in [1.54, 1.807) is 0 Å². The van der Waals surface area contributed by atoms with Gasteiger partial charge in [0.25, 0.3) is 0 Å². The molecule has 2 N–H and O–H groups in total. The van der Waals surface area contributed by atoms with Crippen LogP contribution >= 0.6 is 15.9 Å². The van der Waals surface area contributed by atoms with E-state index < -0.39 is 0 Å². The Morgan fingerprint density at radius 1 is 1.64 bits per heavy atom. The molecule has 1 aromatic rings. The van der Waals surface area contributed by atoms with Crippen LogP contribution in [0.1, 0.15) is 30.2 Å². The van der Waals surface area contributed by atoms with Gasteiger partial charge in [0.05, 0.1) is 16.3 Å². The Hall–Kier alpha value is -0.610. The van der Waals surface area contributed by atoms with Crippen molar-refractivity contribution in [1.29, 1.82) is 0 Å². The number of nitrogens with one attached hydrogen (secondary N) is 1. The van der Waals surface area contributed by atoms with Crippen molar-refractivity contribution >= 4 is 21.7 Å². The van der Waals surface area contributed by atoms with Crippen LogP contribution in [0.5, 0.6) is 0 Å². The molecule has 1 aliphatic rings. The van der Waals surface area contributed by atoms with Crippen molar-refractivity contribution in [2.24, 2.45) is 0 Å². The van der Waals surface area contributed by atoms with E-state index in [0.717, 1.165) is 40.8 Å². The number of nitrogens with zero attached hydrogens (tertiary/aromatic N) is 1. The second kappa shape index (κ2) is 3.87. The van der Waals surface area contributed by atoms with Crippen LogP contribution in [0.4, 0.5) is 5.82 Å². The third kappa shape index (κ3) is 1.64. The number of aryl methyl sites for hydroxylation is 1. The van der Waals surface area contributed by atoms with Crippen molar-refractivity contribution < 1.29 is 5.11 Å². The van der Waals surface area contributed by atoms with Crippen molar-refractivity contribution in [3.8, 4) is 0 Å². The van der Waals surface area contributed by atoms with E-state index in [-0.39, 0.29) is 6.10 Å². The topological polar surface area (TPSA) is 45.2 Å². The normalized spacial score (nSPS) is 20.4. The third-order valence-corrected chi connectivity index (χ3v) is 3.17. The maximum Gasteiger partial charge on any atom is 0.140 e. The summed E-state index contributed by atoms with van der Waals surface area (Å²) in [5.74, 6) is 0.796. The minimum atomic E-state index is -0.390. The molecular formula is C10H13BrN2O. The molecule has 0 saturated carbocycles. The highest BCUT2D eigenvalue weighted by atomic mass is 79.9. The number of aromatic nitrogens is 1. The average molecular weight is 257 g/mol. The molecule has 2 rings (SSSR count). The summed E-state index contributed by atoms with van der Waals surface area (Å²) in [5.41, 5.74) is 2.00. The summed E-state index contributed by atoms with van der Waals surface area (Å²) in [7, 11) is 1.83. The molecule has 76 valence electrons. The van der Waals surface area contributed by atoms with Gasteiger partial charge in [0, 0.05) is 7.05 Å². The average Bonchev–Trinajstić information content (AvgIpc) is 2.17. The van der Waals surface area contributed by atoms with Gasteiger partial charge in [0.15, 0.2) is 0 Å². The smallest absolute Gasteiger partial charge is 0.140 e. The number of aliphatic hydroxyl groups excluding tert-OH is 1. The summed E-state index contributed by atoms with van der Waals surface area (Å²) in [5, 5.41) is 12.8. The van der Waals surface area contributed by atoms with E-state index in [0.29, 0.717) is 0 Å². The first kappa shape index (κ1) is 9.93. The van der Waals surface area contributed by atoms with Crippen LogP contribution < -0.4 is 5.32 Å². The van der Waals surface area contributed by atoms with Gasteiger partial charge in [-0.15, -0.1) is 0 Å². The maximum atomic E-state index is 9.77. The van der Waals surface area contributed by atoms with Crippen LogP contribution in [-0.2, 0) is 6.42 Å². The van der Waals surface area contributed by atoms with Gasteiger partial charge in [-0.3, -0.25) is 0 Å². The number of fused-ring (bicyclic) bond motifs is 1. The molecule has 0 saturated heterocycles. The SMILES string of the molecule is CNc1nc2c(cc1Br)CCCC2O. The number of hydrogen-bond donors (Lipinski definition) is 2. The van der Waals surface area contributed by atoms with E-state index in [4.69, 9.17) is 0 Å². The molecular weight excluding hydrogens is 244 g/mol. The van der Waals surface area contributed by atoms with Gasteiger partial charge in [-0.25, -0.2) is 4.98 Å². The predicted octanol–water partition coefficient (Wildman–Crippen LogP) is 2.26. The molecule has 0 aromatic carbocycles. The fraction of sp³-hybridized carbons (Fsp3) is 0.500. The highest BCUT2D eigenvalue weighted by Crippen LogP contribution is 2.32.